The van der Waals surface area contributed by atoms with E-state index in [1.165, 1.54) is 186 Å². The Labute approximate surface area is 345 Å². The van der Waals surface area contributed by atoms with Gasteiger partial charge in [-0.2, -0.15) is 0 Å². The smallest absolute Gasteiger partial charge is 0.245 e. The van der Waals surface area contributed by atoms with Crippen LogP contribution in [0.25, 0.3) is 0 Å². The van der Waals surface area contributed by atoms with Gasteiger partial charge in [0.2, 0.25) is 11.8 Å². The van der Waals surface area contributed by atoms with Crippen molar-refractivity contribution in [2.45, 2.75) is 270 Å². The summed E-state index contributed by atoms with van der Waals surface area (Å²) in [6.07, 6.45) is 48.0. The topological polar surface area (TPSA) is 52.7 Å². The Kier molecular flexibility index (Phi) is 35.1. The first-order chi connectivity index (χ1) is 26.9. The van der Waals surface area contributed by atoms with Crippen molar-refractivity contribution in [1.82, 2.24) is 15.1 Å². The standard InChI is InChI=1S/C50H99N3O2/c1-6-9-12-15-18-21-23-25-27-29-32-35-40-47(41-36-33-30-28-26-24-22-19-16-13-10-7-2)48(54)53(46-39-45-52(4)5)50(42-38-43-50)49(55)51-44-37-34-31-20-17-14-11-8-3/h47H,6-46H2,1-5H3,(H,51,55). The van der Waals surface area contributed by atoms with E-state index in [0.717, 1.165) is 70.9 Å². The summed E-state index contributed by atoms with van der Waals surface area (Å²) in [5.74, 6) is 0.491. The fraction of sp³-hybridized carbons (Fsp3) is 0.960. The van der Waals surface area contributed by atoms with E-state index in [4.69, 9.17) is 0 Å². The number of carbonyl (C=O) groups excluding carboxylic acids is 2. The van der Waals surface area contributed by atoms with Crippen LogP contribution in [0, 0.1) is 5.92 Å². The lowest BCUT2D eigenvalue weighted by molar-refractivity contribution is -0.157. The monoisotopic (exact) mass is 774 g/mol. The van der Waals surface area contributed by atoms with Crippen LogP contribution < -0.4 is 5.32 Å². The predicted molar refractivity (Wildman–Crippen MR) is 242 cm³/mol. The third-order valence-corrected chi connectivity index (χ3v) is 12.9. The second-order valence-corrected chi connectivity index (χ2v) is 18.3. The van der Waals surface area contributed by atoms with Gasteiger partial charge in [0.05, 0.1) is 0 Å². The summed E-state index contributed by atoms with van der Waals surface area (Å²) in [7, 11) is 4.23. The van der Waals surface area contributed by atoms with E-state index in [1.807, 2.05) is 0 Å². The summed E-state index contributed by atoms with van der Waals surface area (Å²) in [6.45, 7) is 9.26. The molecule has 1 aliphatic rings. The SMILES string of the molecule is CCCCCCCCCCCCCCC(CCCCCCCCCCCCCC)C(=O)N(CCCN(C)C)C1(C(=O)NCCCCCCCCCC)CCC1. The predicted octanol–water partition coefficient (Wildman–Crippen LogP) is 14.7. The van der Waals surface area contributed by atoms with Crippen LogP contribution in [0.5, 0.6) is 0 Å². The van der Waals surface area contributed by atoms with Gasteiger partial charge in [0.1, 0.15) is 5.54 Å². The quantitative estimate of drug-likeness (QED) is 0.0629. The van der Waals surface area contributed by atoms with Gasteiger partial charge in [-0.25, -0.2) is 0 Å². The lowest BCUT2D eigenvalue weighted by atomic mass is 9.73. The van der Waals surface area contributed by atoms with Crippen LogP contribution in [0.3, 0.4) is 0 Å². The Balaban J connectivity index is 2.76. The molecule has 1 rings (SSSR count). The zero-order chi connectivity index (χ0) is 40.1. The molecule has 0 aromatic carbocycles. The Morgan fingerprint density at radius 1 is 0.473 bits per heavy atom. The van der Waals surface area contributed by atoms with Crippen molar-refractivity contribution in [1.29, 1.82) is 0 Å². The average Bonchev–Trinajstić information content (AvgIpc) is 3.15. The molecule has 1 N–H and O–H groups in total. The molecule has 0 unspecified atom stereocenters. The molecule has 55 heavy (non-hydrogen) atoms. The fourth-order valence-electron chi connectivity index (χ4n) is 8.91. The highest BCUT2D eigenvalue weighted by molar-refractivity contribution is 5.93. The zero-order valence-corrected chi connectivity index (χ0v) is 38.3. The molecule has 0 aliphatic heterocycles. The van der Waals surface area contributed by atoms with E-state index in [2.05, 4.69) is 50.0 Å². The molecule has 0 aromatic rings. The summed E-state index contributed by atoms with van der Waals surface area (Å²) in [5.41, 5.74) is -0.630. The number of unbranched alkanes of at least 4 members (excludes halogenated alkanes) is 29. The van der Waals surface area contributed by atoms with Crippen LogP contribution >= 0.6 is 0 Å². The van der Waals surface area contributed by atoms with Gasteiger partial charge in [-0.1, -0.05) is 220 Å². The summed E-state index contributed by atoms with van der Waals surface area (Å²) in [6, 6.07) is 0. The minimum atomic E-state index is -0.630. The lowest BCUT2D eigenvalue weighted by Gasteiger charge is -2.50. The van der Waals surface area contributed by atoms with E-state index in [1.54, 1.807) is 0 Å². The molecule has 0 saturated heterocycles. The summed E-state index contributed by atoms with van der Waals surface area (Å²) in [4.78, 5) is 33.2. The van der Waals surface area contributed by atoms with Crippen molar-refractivity contribution in [2.24, 2.45) is 5.92 Å². The highest BCUT2D eigenvalue weighted by atomic mass is 16.2. The van der Waals surface area contributed by atoms with Crippen LogP contribution in [0.15, 0.2) is 0 Å². The van der Waals surface area contributed by atoms with Crippen molar-refractivity contribution < 1.29 is 9.59 Å². The van der Waals surface area contributed by atoms with Gasteiger partial charge in [-0.15, -0.1) is 0 Å². The fourth-order valence-corrected chi connectivity index (χ4v) is 8.91. The van der Waals surface area contributed by atoms with Crippen molar-refractivity contribution in [2.75, 3.05) is 33.7 Å². The van der Waals surface area contributed by atoms with Crippen LogP contribution in [-0.2, 0) is 9.59 Å². The maximum absolute atomic E-state index is 14.8. The second-order valence-electron chi connectivity index (χ2n) is 18.3. The van der Waals surface area contributed by atoms with Gasteiger partial charge in [0.15, 0.2) is 0 Å². The van der Waals surface area contributed by atoms with E-state index in [-0.39, 0.29) is 11.8 Å². The Bertz CT molecular complexity index is 828. The summed E-state index contributed by atoms with van der Waals surface area (Å²) >= 11 is 0. The van der Waals surface area contributed by atoms with Gasteiger partial charge in [0, 0.05) is 19.0 Å². The largest absolute Gasteiger partial charge is 0.354 e. The minimum absolute atomic E-state index is 0.0589. The number of amides is 2. The van der Waals surface area contributed by atoms with Crippen molar-refractivity contribution in [3.63, 3.8) is 0 Å². The molecule has 5 nitrogen and oxygen atoms in total. The Morgan fingerprint density at radius 3 is 1.15 bits per heavy atom. The summed E-state index contributed by atoms with van der Waals surface area (Å²) in [5, 5.41) is 3.35. The van der Waals surface area contributed by atoms with Gasteiger partial charge in [-0.05, 0) is 65.6 Å². The minimum Gasteiger partial charge on any atom is -0.354 e. The summed E-state index contributed by atoms with van der Waals surface area (Å²) < 4.78 is 0. The van der Waals surface area contributed by atoms with Crippen LogP contribution in [0.1, 0.15) is 265 Å². The van der Waals surface area contributed by atoms with E-state index in [0.29, 0.717) is 12.5 Å². The molecule has 0 atom stereocenters. The third kappa shape index (κ3) is 26.5. The van der Waals surface area contributed by atoms with Crippen molar-refractivity contribution in [3.8, 4) is 0 Å². The highest BCUT2D eigenvalue weighted by Crippen LogP contribution is 2.40. The normalized spacial score (nSPS) is 13.8. The maximum Gasteiger partial charge on any atom is 0.245 e. The van der Waals surface area contributed by atoms with Crippen molar-refractivity contribution in [3.05, 3.63) is 0 Å². The van der Waals surface area contributed by atoms with Gasteiger partial charge in [-0.3, -0.25) is 9.59 Å². The number of nitrogens with one attached hydrogen (secondary N) is 1. The first-order valence-electron chi connectivity index (χ1n) is 25.2. The van der Waals surface area contributed by atoms with E-state index < -0.39 is 5.54 Å². The van der Waals surface area contributed by atoms with Crippen LogP contribution in [0.4, 0.5) is 0 Å². The van der Waals surface area contributed by atoms with Gasteiger partial charge in [0.25, 0.3) is 0 Å². The lowest BCUT2D eigenvalue weighted by Crippen LogP contribution is -2.65. The van der Waals surface area contributed by atoms with Crippen LogP contribution in [0.2, 0.25) is 0 Å². The third-order valence-electron chi connectivity index (χ3n) is 12.9. The maximum atomic E-state index is 14.8. The molecular weight excluding hydrogens is 675 g/mol. The van der Waals surface area contributed by atoms with E-state index >= 15 is 0 Å². The first-order valence-corrected chi connectivity index (χ1v) is 25.2. The average molecular weight is 774 g/mol. The highest BCUT2D eigenvalue weighted by Gasteiger charge is 2.51. The second kappa shape index (κ2) is 37.2. The molecule has 0 bridgehead atoms. The molecule has 0 heterocycles. The molecule has 0 spiro atoms. The molecule has 326 valence electrons. The first kappa shape index (κ1) is 51.9. The van der Waals surface area contributed by atoms with Crippen LogP contribution in [-0.4, -0.2) is 60.9 Å². The zero-order valence-electron chi connectivity index (χ0n) is 38.3. The molecular formula is C50H99N3O2. The number of hydrogen-bond acceptors (Lipinski definition) is 3. The van der Waals surface area contributed by atoms with E-state index in [9.17, 15) is 9.59 Å². The number of hydrogen-bond donors (Lipinski definition) is 1. The molecule has 0 radical (unpaired) electrons. The molecule has 0 aromatic heterocycles. The molecule has 5 heteroatoms. The molecule has 1 aliphatic carbocycles. The number of rotatable bonds is 42. The Morgan fingerprint density at radius 2 is 0.818 bits per heavy atom. The Hall–Kier alpha value is -1.10. The molecule has 2 amide bonds. The number of nitrogens with zero attached hydrogens (tertiary/aromatic N) is 2. The van der Waals surface area contributed by atoms with Gasteiger partial charge >= 0.3 is 0 Å². The molecule has 1 fully saturated rings. The molecule has 1 saturated carbocycles. The van der Waals surface area contributed by atoms with Crippen molar-refractivity contribution >= 4 is 11.8 Å². The number of carbonyl (C=O) groups is 2. The van der Waals surface area contributed by atoms with Gasteiger partial charge < -0.3 is 15.1 Å².